The maximum absolute atomic E-state index is 12.2. The van der Waals surface area contributed by atoms with E-state index in [-0.39, 0.29) is 5.69 Å². The highest BCUT2D eigenvalue weighted by Gasteiger charge is 2.24. The number of hydrogen-bond donors (Lipinski definition) is 1. The number of nitrogens with zero attached hydrogens (tertiary/aromatic N) is 3. The number of aromatic nitrogens is 3. The Balaban J connectivity index is 1.87. The molecule has 5 nitrogen and oxygen atoms in total. The van der Waals surface area contributed by atoms with Crippen molar-refractivity contribution in [2.45, 2.75) is 44.2 Å². The van der Waals surface area contributed by atoms with E-state index in [0.717, 1.165) is 32.4 Å². The van der Waals surface area contributed by atoms with E-state index >= 15 is 0 Å². The largest absolute Gasteiger partial charge is 0.346 e. The van der Waals surface area contributed by atoms with E-state index in [1.807, 2.05) is 0 Å². The van der Waals surface area contributed by atoms with Crippen LogP contribution in [0.4, 0.5) is 0 Å². The van der Waals surface area contributed by atoms with Gasteiger partial charge in [0, 0.05) is 6.54 Å². The maximum atomic E-state index is 12.2. The molecule has 0 bridgehead atoms. The molecule has 2 heterocycles. The van der Waals surface area contributed by atoms with Crippen LogP contribution >= 0.6 is 0 Å². The Hall–Kier alpha value is -1.10. The minimum atomic E-state index is 0.0839. The summed E-state index contributed by atoms with van der Waals surface area (Å²) >= 11 is 0. The topological polar surface area (TPSA) is 51.9 Å². The van der Waals surface area contributed by atoms with Crippen LogP contribution in [-0.4, -0.2) is 27.4 Å². The molecule has 1 N–H and O–H groups in total. The van der Waals surface area contributed by atoms with Crippen molar-refractivity contribution >= 4 is 0 Å². The Kier molecular flexibility index (Phi) is 2.55. The highest BCUT2D eigenvalue weighted by molar-refractivity contribution is 4.85. The zero-order valence-corrected chi connectivity index (χ0v) is 9.43. The molecule has 0 spiro atoms. The molecule has 1 aliphatic carbocycles. The molecule has 1 saturated carbocycles. The van der Waals surface area contributed by atoms with E-state index in [2.05, 4.69) is 10.4 Å². The Morgan fingerprint density at radius 2 is 2.06 bits per heavy atom. The van der Waals surface area contributed by atoms with Crippen LogP contribution in [0.25, 0.3) is 0 Å². The zero-order chi connectivity index (χ0) is 11.0. The minimum absolute atomic E-state index is 0.0839. The number of nitrogens with one attached hydrogen (secondary N) is 1. The van der Waals surface area contributed by atoms with Crippen molar-refractivity contribution in [3.8, 4) is 0 Å². The van der Waals surface area contributed by atoms with Crippen molar-refractivity contribution in [1.82, 2.24) is 19.7 Å². The third-order valence-electron chi connectivity index (χ3n) is 3.82. The predicted molar refractivity (Wildman–Crippen MR) is 60.5 cm³/mol. The highest BCUT2D eigenvalue weighted by Crippen LogP contribution is 2.27. The summed E-state index contributed by atoms with van der Waals surface area (Å²) < 4.78 is 3.50. The van der Waals surface area contributed by atoms with Gasteiger partial charge in [-0.3, -0.25) is 4.57 Å². The summed E-state index contributed by atoms with van der Waals surface area (Å²) in [6.07, 6.45) is 7.44. The van der Waals surface area contributed by atoms with Gasteiger partial charge in [-0.15, -0.1) is 0 Å². The third kappa shape index (κ3) is 1.59. The normalized spacial score (nSPS) is 26.6. The van der Waals surface area contributed by atoms with Crippen LogP contribution in [0.1, 0.15) is 44.2 Å². The van der Waals surface area contributed by atoms with Crippen molar-refractivity contribution in [2.24, 2.45) is 0 Å². The maximum Gasteiger partial charge on any atom is 0.346 e. The van der Waals surface area contributed by atoms with Gasteiger partial charge in [0.2, 0.25) is 0 Å². The van der Waals surface area contributed by atoms with Gasteiger partial charge in [0.15, 0.2) is 0 Å². The van der Waals surface area contributed by atoms with Gasteiger partial charge in [-0.2, -0.15) is 5.10 Å². The van der Waals surface area contributed by atoms with E-state index in [4.69, 9.17) is 0 Å². The first kappa shape index (κ1) is 10.1. The molecule has 0 aromatic carbocycles. The Labute approximate surface area is 94.5 Å². The molecule has 88 valence electrons. The van der Waals surface area contributed by atoms with E-state index in [9.17, 15) is 4.79 Å². The average molecular weight is 222 g/mol. The summed E-state index contributed by atoms with van der Waals surface area (Å²) in [7, 11) is 0. The van der Waals surface area contributed by atoms with Crippen molar-refractivity contribution in [1.29, 1.82) is 0 Å². The van der Waals surface area contributed by atoms with E-state index in [1.54, 1.807) is 15.6 Å². The molecule has 1 aromatic rings. The van der Waals surface area contributed by atoms with Crippen molar-refractivity contribution < 1.29 is 0 Å². The van der Waals surface area contributed by atoms with Gasteiger partial charge >= 0.3 is 5.69 Å². The molecule has 0 radical (unpaired) electrons. The van der Waals surface area contributed by atoms with Crippen LogP contribution in [-0.2, 0) is 0 Å². The molecule has 1 atom stereocenters. The van der Waals surface area contributed by atoms with Gasteiger partial charge in [-0.05, 0) is 25.8 Å². The van der Waals surface area contributed by atoms with Gasteiger partial charge in [0.1, 0.15) is 6.33 Å². The summed E-state index contributed by atoms with van der Waals surface area (Å²) in [5, 5.41) is 7.56. The SMILES string of the molecule is O=c1n([C@@H]2CCNC2)cnn1C1CCCC1. The standard InChI is InChI=1S/C11H18N4O/c16-11-14(10-5-6-12-7-10)8-13-15(11)9-3-1-2-4-9/h8-10,12H,1-7H2/t10-/m1/s1. The minimum Gasteiger partial charge on any atom is -0.315 e. The molecular formula is C11H18N4O. The van der Waals surface area contributed by atoms with Gasteiger partial charge < -0.3 is 5.32 Å². The lowest BCUT2D eigenvalue weighted by molar-refractivity contribution is 0.436. The fourth-order valence-corrected chi connectivity index (χ4v) is 2.85. The molecule has 0 unspecified atom stereocenters. The fraction of sp³-hybridized carbons (Fsp3) is 0.818. The van der Waals surface area contributed by atoms with E-state index in [0.29, 0.717) is 12.1 Å². The fourth-order valence-electron chi connectivity index (χ4n) is 2.85. The van der Waals surface area contributed by atoms with Gasteiger partial charge in [-0.1, -0.05) is 12.8 Å². The molecule has 1 saturated heterocycles. The van der Waals surface area contributed by atoms with Crippen LogP contribution in [0.3, 0.4) is 0 Å². The molecule has 1 aromatic heterocycles. The summed E-state index contributed by atoms with van der Waals surface area (Å²) in [5.74, 6) is 0. The van der Waals surface area contributed by atoms with Crippen molar-refractivity contribution in [2.75, 3.05) is 13.1 Å². The van der Waals surface area contributed by atoms with Crippen LogP contribution < -0.4 is 11.0 Å². The second kappa shape index (κ2) is 4.05. The first-order valence-electron chi connectivity index (χ1n) is 6.22. The second-order valence-corrected chi connectivity index (χ2v) is 4.85. The van der Waals surface area contributed by atoms with Crippen LogP contribution in [0.5, 0.6) is 0 Å². The van der Waals surface area contributed by atoms with Gasteiger partial charge in [-0.25, -0.2) is 9.48 Å². The molecule has 1 aliphatic heterocycles. The molecule has 3 rings (SSSR count). The molecule has 5 heteroatoms. The first-order valence-corrected chi connectivity index (χ1v) is 6.22. The average Bonchev–Trinajstić information content (AvgIpc) is 2.96. The van der Waals surface area contributed by atoms with Gasteiger partial charge in [0.25, 0.3) is 0 Å². The quantitative estimate of drug-likeness (QED) is 0.801. The predicted octanol–water partition coefficient (Wildman–Crippen LogP) is 0.694. The Bertz CT molecular complexity index is 373. The molecule has 2 aliphatic rings. The van der Waals surface area contributed by atoms with E-state index < -0.39 is 0 Å². The zero-order valence-electron chi connectivity index (χ0n) is 9.43. The highest BCUT2D eigenvalue weighted by atomic mass is 16.2. The number of rotatable bonds is 2. The first-order chi connectivity index (χ1) is 7.86. The summed E-state index contributed by atoms with van der Waals surface area (Å²) in [6.45, 7) is 1.90. The van der Waals surface area contributed by atoms with Crippen molar-refractivity contribution in [3.05, 3.63) is 16.8 Å². The van der Waals surface area contributed by atoms with Gasteiger partial charge in [0.05, 0.1) is 12.1 Å². The summed E-state index contributed by atoms with van der Waals surface area (Å²) in [5.41, 5.74) is 0.0839. The monoisotopic (exact) mass is 222 g/mol. The molecule has 2 fully saturated rings. The van der Waals surface area contributed by atoms with E-state index in [1.165, 1.54) is 12.8 Å². The second-order valence-electron chi connectivity index (χ2n) is 4.85. The summed E-state index contributed by atoms with van der Waals surface area (Å²) in [6, 6.07) is 0.658. The van der Waals surface area contributed by atoms with Crippen LogP contribution in [0.15, 0.2) is 11.1 Å². The third-order valence-corrected chi connectivity index (χ3v) is 3.82. The van der Waals surface area contributed by atoms with Crippen LogP contribution in [0, 0.1) is 0 Å². The molecule has 16 heavy (non-hydrogen) atoms. The lowest BCUT2D eigenvalue weighted by Gasteiger charge is -2.09. The molecular weight excluding hydrogens is 204 g/mol. The Morgan fingerprint density at radius 1 is 1.25 bits per heavy atom. The number of hydrogen-bond acceptors (Lipinski definition) is 3. The lowest BCUT2D eigenvalue weighted by atomic mass is 10.2. The van der Waals surface area contributed by atoms with Crippen molar-refractivity contribution in [3.63, 3.8) is 0 Å². The Morgan fingerprint density at radius 3 is 2.75 bits per heavy atom. The molecule has 0 amide bonds. The smallest absolute Gasteiger partial charge is 0.315 e. The van der Waals surface area contributed by atoms with Crippen LogP contribution in [0.2, 0.25) is 0 Å². The summed E-state index contributed by atoms with van der Waals surface area (Å²) in [4.78, 5) is 12.2. The lowest BCUT2D eigenvalue weighted by Crippen LogP contribution is -2.30.